The third-order valence-electron chi connectivity index (χ3n) is 3.39. The van der Waals surface area contributed by atoms with Gasteiger partial charge in [0, 0.05) is 10.3 Å². The van der Waals surface area contributed by atoms with Crippen molar-refractivity contribution in [1.29, 1.82) is 0 Å². The van der Waals surface area contributed by atoms with Crippen molar-refractivity contribution in [3.8, 4) is 0 Å². The molecule has 2 nitrogen and oxygen atoms in total. The van der Waals surface area contributed by atoms with Gasteiger partial charge in [0.25, 0.3) is 0 Å². The third-order valence-corrected chi connectivity index (χ3v) is 5.60. The average Bonchev–Trinajstić information content (AvgIpc) is 2.77. The van der Waals surface area contributed by atoms with Gasteiger partial charge in [-0.15, -0.1) is 0 Å². The predicted octanol–water partition coefficient (Wildman–Crippen LogP) is 3.52. The van der Waals surface area contributed by atoms with Crippen LogP contribution in [0, 0.1) is 11.6 Å². The molecule has 0 spiro atoms. The Labute approximate surface area is 118 Å². The van der Waals surface area contributed by atoms with Crippen LogP contribution in [0.1, 0.15) is 31.4 Å². The molecule has 3 N–H and O–H groups in total. The van der Waals surface area contributed by atoms with E-state index in [2.05, 4.69) is 21.4 Å². The summed E-state index contributed by atoms with van der Waals surface area (Å²) in [5.74, 6) is 5.40. The van der Waals surface area contributed by atoms with Crippen LogP contribution in [0.4, 0.5) is 8.78 Å². The molecule has 18 heavy (non-hydrogen) atoms. The zero-order chi connectivity index (χ0) is 13.3. The Morgan fingerprint density at radius 1 is 1.50 bits per heavy atom. The Kier molecular flexibility index (Phi) is 4.31. The van der Waals surface area contributed by atoms with Crippen molar-refractivity contribution in [2.24, 2.45) is 5.84 Å². The Morgan fingerprint density at radius 3 is 2.78 bits per heavy atom. The zero-order valence-corrected chi connectivity index (χ0v) is 12.4. The van der Waals surface area contributed by atoms with E-state index in [0.717, 1.165) is 18.6 Å². The van der Waals surface area contributed by atoms with Crippen LogP contribution < -0.4 is 11.3 Å². The molecule has 0 amide bonds. The molecular weight excluding hydrogens is 322 g/mol. The van der Waals surface area contributed by atoms with Gasteiger partial charge in [-0.05, 0) is 53.6 Å². The highest BCUT2D eigenvalue weighted by Crippen LogP contribution is 2.47. The molecule has 1 aliphatic heterocycles. The lowest BCUT2D eigenvalue weighted by atomic mass is 9.90. The molecule has 0 aromatic heterocycles. The van der Waals surface area contributed by atoms with E-state index in [1.165, 1.54) is 12.1 Å². The Balaban J connectivity index is 2.48. The summed E-state index contributed by atoms with van der Waals surface area (Å²) in [5.41, 5.74) is 2.61. The molecule has 100 valence electrons. The van der Waals surface area contributed by atoms with E-state index in [1.54, 1.807) is 11.8 Å². The van der Waals surface area contributed by atoms with Gasteiger partial charge >= 0.3 is 0 Å². The van der Waals surface area contributed by atoms with Crippen LogP contribution in [0.3, 0.4) is 0 Å². The summed E-state index contributed by atoms with van der Waals surface area (Å²) < 4.78 is 28.0. The lowest BCUT2D eigenvalue weighted by Gasteiger charge is -2.33. The maximum absolute atomic E-state index is 14.1. The molecule has 1 aromatic carbocycles. The van der Waals surface area contributed by atoms with E-state index in [9.17, 15) is 8.78 Å². The molecule has 6 heteroatoms. The van der Waals surface area contributed by atoms with E-state index in [-0.39, 0.29) is 14.8 Å². The molecule has 2 rings (SSSR count). The molecule has 0 saturated carbocycles. The minimum absolute atomic E-state index is 0.0174. The second kappa shape index (κ2) is 5.45. The smallest absolute Gasteiger partial charge is 0.145 e. The molecule has 2 unspecified atom stereocenters. The fourth-order valence-electron chi connectivity index (χ4n) is 2.40. The Bertz CT molecular complexity index is 450. The third kappa shape index (κ3) is 2.43. The number of hydrogen-bond acceptors (Lipinski definition) is 3. The molecular formula is C12H15BrF2N2S. The van der Waals surface area contributed by atoms with Gasteiger partial charge in [-0.2, -0.15) is 11.8 Å². The van der Waals surface area contributed by atoms with Gasteiger partial charge in [0.1, 0.15) is 11.6 Å². The van der Waals surface area contributed by atoms with Gasteiger partial charge < -0.3 is 0 Å². The van der Waals surface area contributed by atoms with Crippen molar-refractivity contribution in [1.82, 2.24) is 5.43 Å². The van der Waals surface area contributed by atoms with Crippen molar-refractivity contribution in [3.63, 3.8) is 0 Å². The normalized spacial score (nSPS) is 25.4. The topological polar surface area (TPSA) is 38.0 Å². The number of thioether (sulfide) groups is 1. The maximum atomic E-state index is 14.1. The van der Waals surface area contributed by atoms with Crippen LogP contribution in [0.5, 0.6) is 0 Å². The average molecular weight is 337 g/mol. The molecule has 1 fully saturated rings. The summed E-state index contributed by atoms with van der Waals surface area (Å²) in [6.45, 7) is 2.00. The largest absolute Gasteiger partial charge is 0.271 e. The van der Waals surface area contributed by atoms with Crippen LogP contribution in [0.2, 0.25) is 0 Å². The maximum Gasteiger partial charge on any atom is 0.145 e. The summed E-state index contributed by atoms with van der Waals surface area (Å²) in [5, 5.41) is 0. The molecule has 2 atom stereocenters. The lowest BCUT2D eigenvalue weighted by molar-refractivity contribution is 0.388. The molecule has 1 aromatic rings. The number of rotatable bonds is 3. The first-order chi connectivity index (χ1) is 8.49. The van der Waals surface area contributed by atoms with Gasteiger partial charge in [-0.3, -0.25) is 11.3 Å². The van der Waals surface area contributed by atoms with Gasteiger partial charge in [-0.1, -0.05) is 0 Å². The van der Waals surface area contributed by atoms with Crippen molar-refractivity contribution in [2.75, 3.05) is 5.75 Å². The molecule has 1 saturated heterocycles. The van der Waals surface area contributed by atoms with Gasteiger partial charge in [0.2, 0.25) is 0 Å². The molecule has 0 radical (unpaired) electrons. The summed E-state index contributed by atoms with van der Waals surface area (Å²) in [7, 11) is 0. The van der Waals surface area contributed by atoms with E-state index >= 15 is 0 Å². The van der Waals surface area contributed by atoms with Crippen molar-refractivity contribution < 1.29 is 8.78 Å². The van der Waals surface area contributed by atoms with Crippen LogP contribution in [-0.2, 0) is 0 Å². The Morgan fingerprint density at radius 2 is 2.22 bits per heavy atom. The number of hydrogen-bond donors (Lipinski definition) is 2. The van der Waals surface area contributed by atoms with E-state index in [4.69, 9.17) is 5.84 Å². The fraction of sp³-hybridized carbons (Fsp3) is 0.500. The number of benzene rings is 1. The van der Waals surface area contributed by atoms with Crippen LogP contribution >= 0.6 is 27.7 Å². The van der Waals surface area contributed by atoms with Gasteiger partial charge in [-0.25, -0.2) is 8.78 Å². The van der Waals surface area contributed by atoms with Crippen LogP contribution in [0.25, 0.3) is 0 Å². The predicted molar refractivity (Wildman–Crippen MR) is 74.2 cm³/mol. The van der Waals surface area contributed by atoms with Crippen molar-refractivity contribution in [2.45, 2.75) is 30.6 Å². The van der Waals surface area contributed by atoms with Crippen LogP contribution in [-0.4, -0.2) is 10.5 Å². The SMILES string of the molecule is CC1(C(NN)c2c(F)ccc(Br)c2F)CCCS1. The lowest BCUT2D eigenvalue weighted by Crippen LogP contribution is -2.42. The number of hydrazine groups is 1. The summed E-state index contributed by atoms with van der Waals surface area (Å²) in [4.78, 5) is 0. The minimum atomic E-state index is -0.577. The molecule has 0 bridgehead atoms. The van der Waals surface area contributed by atoms with E-state index in [1.807, 2.05) is 6.92 Å². The minimum Gasteiger partial charge on any atom is -0.271 e. The fourth-order valence-corrected chi connectivity index (χ4v) is 4.14. The highest BCUT2D eigenvalue weighted by atomic mass is 79.9. The quantitative estimate of drug-likeness (QED) is 0.504. The standard InChI is InChI=1S/C12H15BrF2N2S/c1-12(5-2-6-18-12)11(17-16)9-8(14)4-3-7(13)10(9)15/h3-4,11,17H,2,5-6,16H2,1H3. The van der Waals surface area contributed by atoms with E-state index < -0.39 is 17.7 Å². The zero-order valence-electron chi connectivity index (χ0n) is 9.97. The Hall–Kier alpha value is -0.170. The molecule has 1 aliphatic rings. The second-order valence-electron chi connectivity index (χ2n) is 4.62. The molecule has 0 aliphatic carbocycles. The van der Waals surface area contributed by atoms with Gasteiger partial charge in [0.15, 0.2) is 0 Å². The van der Waals surface area contributed by atoms with E-state index in [0.29, 0.717) is 0 Å². The summed E-state index contributed by atoms with van der Waals surface area (Å²) in [6, 6.07) is 2.09. The first-order valence-electron chi connectivity index (χ1n) is 5.73. The monoisotopic (exact) mass is 336 g/mol. The number of nitrogens with two attached hydrogens (primary N) is 1. The number of halogens is 3. The second-order valence-corrected chi connectivity index (χ2v) is 7.11. The van der Waals surface area contributed by atoms with Gasteiger partial charge in [0.05, 0.1) is 10.5 Å². The summed E-state index contributed by atoms with van der Waals surface area (Å²) >= 11 is 4.79. The van der Waals surface area contributed by atoms with Crippen LogP contribution in [0.15, 0.2) is 16.6 Å². The highest BCUT2D eigenvalue weighted by Gasteiger charge is 2.41. The molecule has 1 heterocycles. The number of nitrogens with one attached hydrogen (secondary N) is 1. The first-order valence-corrected chi connectivity index (χ1v) is 7.51. The van der Waals surface area contributed by atoms with Crippen molar-refractivity contribution >= 4 is 27.7 Å². The summed E-state index contributed by atoms with van der Waals surface area (Å²) in [6.07, 6.45) is 1.93. The highest BCUT2D eigenvalue weighted by molar-refractivity contribution is 9.10. The first kappa shape index (κ1) is 14.2. The van der Waals surface area contributed by atoms with Crippen molar-refractivity contribution in [3.05, 3.63) is 33.8 Å².